The Labute approximate surface area is 195 Å². The topological polar surface area (TPSA) is 98.2 Å². The molecule has 0 radical (unpaired) electrons. The average Bonchev–Trinajstić information content (AvgIpc) is 3.31. The highest BCUT2D eigenvalue weighted by molar-refractivity contribution is 8.02. The van der Waals surface area contributed by atoms with Gasteiger partial charge in [-0.3, -0.25) is 14.4 Å². The summed E-state index contributed by atoms with van der Waals surface area (Å²) in [5.74, 6) is -2.56. The van der Waals surface area contributed by atoms with E-state index in [1.807, 2.05) is 6.92 Å². The molecule has 0 aromatic heterocycles. The molecule has 2 unspecified atom stereocenters. The van der Waals surface area contributed by atoms with Crippen LogP contribution in [-0.4, -0.2) is 79.6 Å². The summed E-state index contributed by atoms with van der Waals surface area (Å²) < 4.78 is -1.17. The molecule has 3 heterocycles. The van der Waals surface area contributed by atoms with Gasteiger partial charge in [-0.05, 0) is 39.0 Å². The molecule has 3 rings (SSSR count). The van der Waals surface area contributed by atoms with Crippen molar-refractivity contribution in [3.05, 3.63) is 12.7 Å². The Morgan fingerprint density at radius 2 is 1.97 bits per heavy atom. The van der Waals surface area contributed by atoms with E-state index in [-0.39, 0.29) is 18.4 Å². The highest BCUT2D eigenvalue weighted by Crippen LogP contribution is 2.71. The maximum absolute atomic E-state index is 13.9. The molecule has 3 aliphatic heterocycles. The summed E-state index contributed by atoms with van der Waals surface area (Å²) in [6.07, 6.45) is 8.17. The molecule has 180 valence electrons. The Balaban J connectivity index is 1.93. The van der Waals surface area contributed by atoms with Crippen molar-refractivity contribution in [1.82, 2.24) is 9.80 Å². The molecule has 3 aliphatic rings. The molecule has 0 aliphatic carbocycles. The van der Waals surface area contributed by atoms with Gasteiger partial charge in [-0.2, -0.15) is 0 Å². The third kappa shape index (κ3) is 4.20. The molecule has 3 saturated heterocycles. The van der Waals surface area contributed by atoms with Crippen LogP contribution >= 0.6 is 11.8 Å². The number of aliphatic carboxylic acids is 1. The molecule has 7 nitrogen and oxygen atoms in total. The lowest BCUT2D eigenvalue weighted by atomic mass is 9.66. The lowest BCUT2D eigenvalue weighted by Gasteiger charge is -2.37. The number of unbranched alkanes of at least 4 members (excludes halogenated alkanes) is 4. The van der Waals surface area contributed by atoms with Gasteiger partial charge < -0.3 is 20.0 Å². The highest BCUT2D eigenvalue weighted by Gasteiger charge is 2.77. The fourth-order valence-corrected chi connectivity index (χ4v) is 8.38. The van der Waals surface area contributed by atoms with E-state index in [1.165, 1.54) is 0 Å². The summed E-state index contributed by atoms with van der Waals surface area (Å²) in [5.41, 5.74) is 0. The van der Waals surface area contributed by atoms with Gasteiger partial charge in [0.05, 0.1) is 16.6 Å². The fourth-order valence-electron chi connectivity index (χ4n) is 6.04. The van der Waals surface area contributed by atoms with Gasteiger partial charge in [0.15, 0.2) is 0 Å². The maximum atomic E-state index is 13.9. The van der Waals surface area contributed by atoms with E-state index in [4.69, 9.17) is 5.11 Å². The van der Waals surface area contributed by atoms with Crippen molar-refractivity contribution in [3.8, 4) is 0 Å². The second kappa shape index (κ2) is 10.2. The van der Waals surface area contributed by atoms with E-state index >= 15 is 0 Å². The van der Waals surface area contributed by atoms with Gasteiger partial charge >= 0.3 is 5.97 Å². The van der Waals surface area contributed by atoms with Crippen molar-refractivity contribution in [3.63, 3.8) is 0 Å². The van der Waals surface area contributed by atoms with Crippen molar-refractivity contribution >= 4 is 29.5 Å². The normalized spacial score (nSPS) is 32.9. The molecule has 0 aromatic rings. The van der Waals surface area contributed by atoms with Gasteiger partial charge in [0.1, 0.15) is 6.04 Å². The summed E-state index contributed by atoms with van der Waals surface area (Å²) in [6.45, 7) is 9.49. The van der Waals surface area contributed by atoms with Crippen LogP contribution < -0.4 is 0 Å². The first kappa shape index (κ1) is 25.1. The van der Waals surface area contributed by atoms with Crippen molar-refractivity contribution < 1.29 is 24.6 Å². The quantitative estimate of drug-likeness (QED) is 0.320. The van der Waals surface area contributed by atoms with Gasteiger partial charge in [-0.25, -0.2) is 0 Å². The minimum Gasteiger partial charge on any atom is -0.481 e. The fraction of sp³-hybridized carbons (Fsp3) is 0.792. The van der Waals surface area contributed by atoms with E-state index in [0.717, 1.165) is 38.5 Å². The first-order valence-electron chi connectivity index (χ1n) is 12.0. The van der Waals surface area contributed by atoms with Gasteiger partial charge in [0.2, 0.25) is 11.8 Å². The summed E-state index contributed by atoms with van der Waals surface area (Å²) in [7, 11) is 0. The number of aliphatic hydroxyl groups is 1. The van der Waals surface area contributed by atoms with Gasteiger partial charge in [-0.15, -0.1) is 18.3 Å². The number of hydrogen-bond acceptors (Lipinski definition) is 5. The molecule has 0 saturated carbocycles. The van der Waals surface area contributed by atoms with Crippen LogP contribution in [0.5, 0.6) is 0 Å². The van der Waals surface area contributed by atoms with Crippen molar-refractivity contribution in [2.75, 3.05) is 26.2 Å². The van der Waals surface area contributed by atoms with Crippen LogP contribution in [0.3, 0.4) is 0 Å². The lowest BCUT2D eigenvalue weighted by molar-refractivity contribution is -0.150. The number of likely N-dealkylation sites (tertiary alicyclic amines) is 1. The summed E-state index contributed by atoms with van der Waals surface area (Å²) in [4.78, 5) is 43.4. The number of rotatable bonds is 13. The zero-order valence-electron chi connectivity index (χ0n) is 19.4. The van der Waals surface area contributed by atoms with Crippen LogP contribution in [0.25, 0.3) is 0 Å². The SMILES string of the molecule is C=CCN(CCCC)C(=O)C1N(CCCCCCO)C(=O)[C@@H]2[C@H](C(=O)O)[C@]3(C)CCC12S3. The Morgan fingerprint density at radius 3 is 2.59 bits per heavy atom. The first-order chi connectivity index (χ1) is 15.3. The van der Waals surface area contributed by atoms with Crippen LogP contribution in [0, 0.1) is 11.8 Å². The van der Waals surface area contributed by atoms with Crippen molar-refractivity contribution in [1.29, 1.82) is 0 Å². The van der Waals surface area contributed by atoms with Crippen molar-refractivity contribution in [2.24, 2.45) is 11.8 Å². The Hall–Kier alpha value is -1.54. The summed E-state index contributed by atoms with van der Waals surface area (Å²) >= 11 is 1.59. The molecule has 32 heavy (non-hydrogen) atoms. The number of carbonyl (C=O) groups is 3. The van der Waals surface area contributed by atoms with E-state index in [2.05, 4.69) is 13.5 Å². The average molecular weight is 467 g/mol. The molecule has 0 aromatic carbocycles. The molecular formula is C24H38N2O5S. The molecule has 5 atom stereocenters. The second-order valence-electron chi connectivity index (χ2n) is 9.66. The molecule has 2 bridgehead atoms. The minimum absolute atomic E-state index is 0.0626. The monoisotopic (exact) mass is 466 g/mol. The number of nitrogens with zero attached hydrogens (tertiary/aromatic N) is 2. The predicted molar refractivity (Wildman–Crippen MR) is 125 cm³/mol. The Bertz CT molecular complexity index is 746. The predicted octanol–water partition coefficient (Wildman–Crippen LogP) is 2.92. The van der Waals surface area contributed by atoms with Crippen LogP contribution in [0.15, 0.2) is 12.7 Å². The number of amides is 2. The molecule has 2 N–H and O–H groups in total. The van der Waals surface area contributed by atoms with Gasteiger partial charge in [0.25, 0.3) is 0 Å². The van der Waals surface area contributed by atoms with E-state index in [0.29, 0.717) is 32.5 Å². The summed E-state index contributed by atoms with van der Waals surface area (Å²) in [5, 5.41) is 19.1. The van der Waals surface area contributed by atoms with E-state index in [9.17, 15) is 19.5 Å². The molecular weight excluding hydrogens is 428 g/mol. The zero-order valence-corrected chi connectivity index (χ0v) is 20.2. The van der Waals surface area contributed by atoms with Crippen LogP contribution in [0.4, 0.5) is 0 Å². The molecule has 2 amide bonds. The number of hydrogen-bond donors (Lipinski definition) is 2. The third-order valence-electron chi connectivity index (χ3n) is 7.53. The minimum atomic E-state index is -0.926. The zero-order chi connectivity index (χ0) is 23.5. The molecule has 8 heteroatoms. The number of carboxylic acid groups (broad SMARTS) is 1. The van der Waals surface area contributed by atoms with Gasteiger partial charge in [-0.1, -0.05) is 32.3 Å². The third-order valence-corrected chi connectivity index (χ3v) is 9.51. The maximum Gasteiger partial charge on any atom is 0.308 e. The van der Waals surface area contributed by atoms with Crippen LogP contribution in [0.1, 0.15) is 65.2 Å². The number of aliphatic hydroxyl groups excluding tert-OH is 1. The van der Waals surface area contributed by atoms with Crippen molar-refractivity contribution in [2.45, 2.75) is 80.7 Å². The number of fused-ring (bicyclic) bond motifs is 1. The molecule has 3 fully saturated rings. The number of carbonyl (C=O) groups excluding carboxylic acids is 2. The smallest absolute Gasteiger partial charge is 0.308 e. The lowest BCUT2D eigenvalue weighted by Crippen LogP contribution is -2.55. The Morgan fingerprint density at radius 1 is 1.25 bits per heavy atom. The largest absolute Gasteiger partial charge is 0.481 e. The van der Waals surface area contributed by atoms with Gasteiger partial charge in [0, 0.05) is 31.0 Å². The first-order valence-corrected chi connectivity index (χ1v) is 12.8. The number of carboxylic acids is 1. The highest BCUT2D eigenvalue weighted by atomic mass is 32.2. The van der Waals surface area contributed by atoms with Crippen LogP contribution in [-0.2, 0) is 14.4 Å². The molecule has 1 spiro atoms. The Kier molecular flexibility index (Phi) is 7.97. The van der Waals surface area contributed by atoms with E-state index < -0.39 is 33.3 Å². The standard InChI is InChI=1S/C24H38N2O5S/c1-4-6-14-25(13-5-2)21(29)19-24-12-11-23(3,32-24)18(22(30)31)17(24)20(28)26(19)15-9-7-8-10-16-27/h5,17-19,27H,2,4,6-16H2,1,3H3,(H,30,31)/t17-,18+,19?,23-,24?/m0/s1. The van der Waals surface area contributed by atoms with Crippen LogP contribution in [0.2, 0.25) is 0 Å². The summed E-state index contributed by atoms with van der Waals surface area (Å²) in [6, 6.07) is -0.620. The second-order valence-corrected chi connectivity index (χ2v) is 11.6. The number of thioether (sulfide) groups is 1. The van der Waals surface area contributed by atoms with E-state index in [1.54, 1.807) is 27.6 Å².